The third kappa shape index (κ3) is 1.43. The van der Waals surface area contributed by atoms with Gasteiger partial charge in [-0.3, -0.25) is 0 Å². The Morgan fingerprint density at radius 2 is 1.72 bits per heavy atom. The van der Waals surface area contributed by atoms with Crippen LogP contribution < -0.4 is 5.73 Å². The molecule has 4 heteroatoms. The topological polar surface area (TPSA) is 62.7 Å². The summed E-state index contributed by atoms with van der Waals surface area (Å²) in [4.78, 5) is 5.27. The van der Waals surface area contributed by atoms with Gasteiger partial charge in [-0.1, -0.05) is 11.3 Å². The predicted molar refractivity (Wildman–Crippen MR) is 71.0 cm³/mol. The van der Waals surface area contributed by atoms with Gasteiger partial charge in [-0.15, -0.1) is 0 Å². The number of nitrogen functional groups attached to an aromatic ring is 1. The van der Waals surface area contributed by atoms with Gasteiger partial charge in [0.1, 0.15) is 10.9 Å². The lowest BCUT2D eigenvalue weighted by molar-refractivity contribution is -0.00400. The fourth-order valence-electron chi connectivity index (χ4n) is 5.03. The fraction of sp³-hybridized carbons (Fsp3) is 0.714. The van der Waals surface area contributed by atoms with Crippen LogP contribution in [0.15, 0.2) is 0 Å². The van der Waals surface area contributed by atoms with Gasteiger partial charge < -0.3 is 5.73 Å². The van der Waals surface area contributed by atoms with E-state index in [9.17, 15) is 5.26 Å². The molecule has 0 unspecified atom stereocenters. The Kier molecular flexibility index (Phi) is 2.23. The van der Waals surface area contributed by atoms with Gasteiger partial charge in [0.15, 0.2) is 5.13 Å². The van der Waals surface area contributed by atoms with Crippen LogP contribution in [0.1, 0.15) is 48.6 Å². The first-order chi connectivity index (χ1) is 8.74. The first-order valence-electron chi connectivity index (χ1n) is 6.91. The van der Waals surface area contributed by atoms with Gasteiger partial charge >= 0.3 is 0 Å². The van der Waals surface area contributed by atoms with Crippen LogP contribution in [0, 0.1) is 35.0 Å². The van der Waals surface area contributed by atoms with E-state index < -0.39 is 0 Å². The molecule has 3 nitrogen and oxygen atoms in total. The fourth-order valence-corrected chi connectivity index (χ4v) is 5.71. The van der Waals surface area contributed by atoms with E-state index in [1.807, 2.05) is 0 Å². The predicted octanol–water partition coefficient (Wildman–Crippen LogP) is 3.14. The summed E-state index contributed by atoms with van der Waals surface area (Å²) in [5.41, 5.74) is 6.84. The van der Waals surface area contributed by atoms with Crippen molar-refractivity contribution in [3.63, 3.8) is 0 Å². The molecular weight excluding hydrogens is 242 g/mol. The van der Waals surface area contributed by atoms with Crippen molar-refractivity contribution in [1.29, 1.82) is 5.26 Å². The second kappa shape index (κ2) is 3.71. The third-order valence-corrected chi connectivity index (χ3v) is 6.12. The van der Waals surface area contributed by atoms with Gasteiger partial charge in [0.25, 0.3) is 0 Å². The second-order valence-corrected chi connectivity index (χ2v) is 7.37. The van der Waals surface area contributed by atoms with E-state index in [2.05, 4.69) is 11.1 Å². The molecule has 0 aliphatic heterocycles. The molecule has 0 spiro atoms. The van der Waals surface area contributed by atoms with E-state index in [-0.39, 0.29) is 0 Å². The Hall–Kier alpha value is -1.08. The Morgan fingerprint density at radius 3 is 2.28 bits per heavy atom. The summed E-state index contributed by atoms with van der Waals surface area (Å²) in [5.74, 6) is 4.00. The molecular formula is C14H17N3S. The van der Waals surface area contributed by atoms with Crippen LogP contribution in [0.4, 0.5) is 5.13 Å². The highest BCUT2D eigenvalue weighted by Gasteiger charge is 2.49. The maximum absolute atomic E-state index is 9.25. The van der Waals surface area contributed by atoms with Crippen molar-refractivity contribution in [2.24, 2.45) is 23.7 Å². The highest BCUT2D eigenvalue weighted by molar-refractivity contribution is 7.16. The summed E-state index contributed by atoms with van der Waals surface area (Å²) in [6.45, 7) is 0. The highest BCUT2D eigenvalue weighted by Crippen LogP contribution is 2.60. The van der Waals surface area contributed by atoms with Crippen molar-refractivity contribution < 1.29 is 0 Å². The first-order valence-corrected chi connectivity index (χ1v) is 7.72. The summed E-state index contributed by atoms with van der Waals surface area (Å²) >= 11 is 1.36. The zero-order valence-electron chi connectivity index (χ0n) is 10.3. The van der Waals surface area contributed by atoms with Crippen LogP contribution in [-0.4, -0.2) is 4.98 Å². The van der Waals surface area contributed by atoms with E-state index in [1.165, 1.54) is 43.4 Å². The van der Waals surface area contributed by atoms with Crippen molar-refractivity contribution in [1.82, 2.24) is 4.98 Å². The van der Waals surface area contributed by atoms with Crippen LogP contribution in [0.5, 0.6) is 0 Å². The van der Waals surface area contributed by atoms with Crippen molar-refractivity contribution in [3.05, 3.63) is 10.6 Å². The monoisotopic (exact) mass is 259 g/mol. The number of nitrogens with zero attached hydrogens (tertiary/aromatic N) is 2. The standard InChI is InChI=1S/C14H17N3S/c15-6-11-13(17-14(16)18-11)12-9-2-7-1-8(4-9)5-10(12)3-7/h7-10,12H,1-5H2,(H2,16,17). The molecule has 4 fully saturated rings. The van der Waals surface area contributed by atoms with Gasteiger partial charge in [0.05, 0.1) is 5.69 Å². The normalized spacial score (nSPS) is 40.9. The Bertz CT molecular complexity index is 500. The van der Waals surface area contributed by atoms with Crippen molar-refractivity contribution >= 4 is 16.5 Å². The van der Waals surface area contributed by atoms with E-state index >= 15 is 0 Å². The van der Waals surface area contributed by atoms with Crippen LogP contribution in [0.2, 0.25) is 0 Å². The molecule has 4 bridgehead atoms. The number of anilines is 1. The third-order valence-electron chi connectivity index (χ3n) is 5.31. The molecule has 0 saturated heterocycles. The molecule has 94 valence electrons. The summed E-state index contributed by atoms with van der Waals surface area (Å²) < 4.78 is 0. The van der Waals surface area contributed by atoms with Crippen LogP contribution in [0.3, 0.4) is 0 Å². The number of nitrogens with two attached hydrogens (primary N) is 1. The lowest BCUT2D eigenvalue weighted by atomic mass is 9.51. The van der Waals surface area contributed by atoms with E-state index in [0.29, 0.717) is 11.0 Å². The van der Waals surface area contributed by atoms with Crippen molar-refractivity contribution in [2.45, 2.75) is 38.0 Å². The average Bonchev–Trinajstić information content (AvgIpc) is 2.69. The van der Waals surface area contributed by atoms with Gasteiger partial charge in [-0.05, 0) is 55.8 Å². The van der Waals surface area contributed by atoms with Crippen LogP contribution in [-0.2, 0) is 0 Å². The molecule has 2 N–H and O–H groups in total. The van der Waals surface area contributed by atoms with E-state index in [0.717, 1.165) is 34.2 Å². The number of nitriles is 1. The summed E-state index contributed by atoms with van der Waals surface area (Å²) in [7, 11) is 0. The smallest absolute Gasteiger partial charge is 0.181 e. The van der Waals surface area contributed by atoms with Gasteiger partial charge in [-0.2, -0.15) is 5.26 Å². The summed E-state index contributed by atoms with van der Waals surface area (Å²) in [5, 5.41) is 9.82. The lowest BCUT2D eigenvalue weighted by Gasteiger charge is -2.54. The zero-order chi connectivity index (χ0) is 12.3. The molecule has 4 aliphatic rings. The largest absolute Gasteiger partial charge is 0.375 e. The quantitative estimate of drug-likeness (QED) is 0.842. The lowest BCUT2D eigenvalue weighted by Crippen LogP contribution is -2.44. The SMILES string of the molecule is N#Cc1sc(N)nc1C1C2CC3CC(C2)CC1C3. The second-order valence-electron chi connectivity index (χ2n) is 6.33. The van der Waals surface area contributed by atoms with Gasteiger partial charge in [0.2, 0.25) is 0 Å². The van der Waals surface area contributed by atoms with Crippen LogP contribution in [0.25, 0.3) is 0 Å². The molecule has 0 atom stereocenters. The zero-order valence-corrected chi connectivity index (χ0v) is 11.1. The number of hydrogen-bond acceptors (Lipinski definition) is 4. The molecule has 1 aromatic heterocycles. The molecule has 0 radical (unpaired) electrons. The van der Waals surface area contributed by atoms with Crippen molar-refractivity contribution in [2.75, 3.05) is 5.73 Å². The molecule has 5 rings (SSSR count). The number of rotatable bonds is 1. The average molecular weight is 259 g/mol. The van der Waals surface area contributed by atoms with E-state index in [1.54, 1.807) is 0 Å². The minimum Gasteiger partial charge on any atom is -0.375 e. The van der Waals surface area contributed by atoms with Crippen LogP contribution >= 0.6 is 11.3 Å². The number of aromatic nitrogens is 1. The number of thiazole rings is 1. The molecule has 0 aromatic carbocycles. The Morgan fingerprint density at radius 1 is 1.11 bits per heavy atom. The number of hydrogen-bond donors (Lipinski definition) is 1. The highest BCUT2D eigenvalue weighted by atomic mass is 32.1. The Labute approximate surface area is 111 Å². The Balaban J connectivity index is 1.74. The molecule has 0 amide bonds. The molecule has 1 heterocycles. The maximum Gasteiger partial charge on any atom is 0.181 e. The molecule has 1 aromatic rings. The van der Waals surface area contributed by atoms with Gasteiger partial charge in [0, 0.05) is 5.92 Å². The minimum absolute atomic E-state index is 0.529. The van der Waals surface area contributed by atoms with Crippen molar-refractivity contribution in [3.8, 4) is 6.07 Å². The summed E-state index contributed by atoms with van der Waals surface area (Å²) in [6, 6.07) is 2.30. The minimum atomic E-state index is 0.529. The maximum atomic E-state index is 9.25. The first kappa shape index (κ1) is 10.8. The molecule has 18 heavy (non-hydrogen) atoms. The van der Waals surface area contributed by atoms with E-state index in [4.69, 9.17) is 5.73 Å². The summed E-state index contributed by atoms with van der Waals surface area (Å²) in [6.07, 6.45) is 6.91. The molecule has 4 saturated carbocycles. The molecule has 4 aliphatic carbocycles. The van der Waals surface area contributed by atoms with Gasteiger partial charge in [-0.25, -0.2) is 4.98 Å².